The molecule has 0 aliphatic carbocycles. The summed E-state index contributed by atoms with van der Waals surface area (Å²) < 4.78 is 1.79. The summed E-state index contributed by atoms with van der Waals surface area (Å²) in [4.78, 5) is 13.1. The number of nitrogens with one attached hydrogen (secondary N) is 3. The predicted octanol–water partition coefficient (Wildman–Crippen LogP) is 1.99. The highest BCUT2D eigenvalue weighted by Gasteiger charge is 2.41. The van der Waals surface area contributed by atoms with Crippen LogP contribution in [0.3, 0.4) is 0 Å². The van der Waals surface area contributed by atoms with E-state index in [1.165, 1.54) is 0 Å². The summed E-state index contributed by atoms with van der Waals surface area (Å²) in [6.07, 6.45) is 6.73. The molecule has 2 aromatic heterocycles. The molecular weight excluding hydrogens is 316 g/mol. The first-order valence-corrected chi connectivity index (χ1v) is 8.40. The second-order valence-corrected chi connectivity index (χ2v) is 6.23. The first-order valence-electron chi connectivity index (χ1n) is 8.40. The maximum absolute atomic E-state index is 13.1. The van der Waals surface area contributed by atoms with Crippen molar-refractivity contribution < 1.29 is 4.79 Å². The van der Waals surface area contributed by atoms with Crippen LogP contribution >= 0.6 is 0 Å². The summed E-state index contributed by atoms with van der Waals surface area (Å²) in [6, 6.07) is 11.5. The number of carbonyl (C=O) groups excluding carboxylic acids is 1. The highest BCUT2D eigenvalue weighted by Crippen LogP contribution is 2.29. The SMILES string of the molecule is O=C(Nc1ccc(-c2ccn[nH]2)cc1)C1(n2cccn2)CCNCC1. The van der Waals surface area contributed by atoms with E-state index < -0.39 is 5.54 Å². The van der Waals surface area contributed by atoms with E-state index in [1.807, 2.05) is 42.6 Å². The summed E-state index contributed by atoms with van der Waals surface area (Å²) >= 11 is 0. The zero-order valence-corrected chi connectivity index (χ0v) is 13.8. The van der Waals surface area contributed by atoms with Crippen molar-refractivity contribution in [3.8, 4) is 11.3 Å². The Morgan fingerprint density at radius 1 is 1.12 bits per heavy atom. The first-order chi connectivity index (χ1) is 12.3. The van der Waals surface area contributed by atoms with Crippen LogP contribution in [-0.4, -0.2) is 39.0 Å². The summed E-state index contributed by atoms with van der Waals surface area (Å²) in [5.41, 5.74) is 2.11. The number of anilines is 1. The molecule has 0 bridgehead atoms. The Morgan fingerprint density at radius 3 is 2.56 bits per heavy atom. The first kappa shape index (κ1) is 15.6. The standard InChI is InChI=1S/C18H20N6O/c25-17(18(7-11-19-12-8-18)24-13-1-9-21-24)22-15-4-2-14(3-5-15)16-6-10-20-23-16/h1-6,9-10,13,19H,7-8,11-12H2,(H,20,23)(H,22,25). The Balaban J connectivity index is 1.55. The minimum Gasteiger partial charge on any atom is -0.324 e. The van der Waals surface area contributed by atoms with Gasteiger partial charge in [0.25, 0.3) is 5.91 Å². The molecule has 128 valence electrons. The second kappa shape index (κ2) is 6.52. The number of H-pyrrole nitrogens is 1. The van der Waals surface area contributed by atoms with E-state index in [-0.39, 0.29) is 5.91 Å². The van der Waals surface area contributed by atoms with Crippen LogP contribution in [-0.2, 0) is 10.3 Å². The van der Waals surface area contributed by atoms with E-state index in [0.29, 0.717) is 12.8 Å². The Bertz CT molecular complexity index is 817. The lowest BCUT2D eigenvalue weighted by Crippen LogP contribution is -2.52. The lowest BCUT2D eigenvalue weighted by atomic mass is 9.87. The number of aromatic amines is 1. The number of piperidine rings is 1. The van der Waals surface area contributed by atoms with Crippen LogP contribution < -0.4 is 10.6 Å². The molecule has 1 aromatic carbocycles. The van der Waals surface area contributed by atoms with Gasteiger partial charge in [-0.2, -0.15) is 10.2 Å². The number of rotatable bonds is 4. The molecule has 4 rings (SSSR count). The molecule has 1 aliphatic heterocycles. The Labute approximate surface area is 145 Å². The molecule has 7 heteroatoms. The fourth-order valence-electron chi connectivity index (χ4n) is 3.32. The van der Waals surface area contributed by atoms with Crippen LogP contribution in [0.2, 0.25) is 0 Å². The highest BCUT2D eigenvalue weighted by molar-refractivity contribution is 5.97. The van der Waals surface area contributed by atoms with Gasteiger partial charge in [0.15, 0.2) is 0 Å². The highest BCUT2D eigenvalue weighted by atomic mass is 16.2. The van der Waals surface area contributed by atoms with Crippen LogP contribution in [0.1, 0.15) is 12.8 Å². The van der Waals surface area contributed by atoms with Gasteiger partial charge >= 0.3 is 0 Å². The maximum Gasteiger partial charge on any atom is 0.252 e. The molecule has 1 amide bonds. The van der Waals surface area contributed by atoms with Crippen LogP contribution in [0, 0.1) is 0 Å². The molecule has 1 fully saturated rings. The van der Waals surface area contributed by atoms with Crippen molar-refractivity contribution in [3.63, 3.8) is 0 Å². The molecule has 3 N–H and O–H groups in total. The molecule has 0 spiro atoms. The maximum atomic E-state index is 13.1. The van der Waals surface area contributed by atoms with Gasteiger partial charge in [-0.3, -0.25) is 14.6 Å². The normalized spacial score (nSPS) is 16.5. The summed E-state index contributed by atoms with van der Waals surface area (Å²) in [5, 5.41) is 17.6. The van der Waals surface area contributed by atoms with E-state index in [9.17, 15) is 4.79 Å². The number of carbonyl (C=O) groups is 1. The van der Waals surface area contributed by atoms with Crippen molar-refractivity contribution in [2.45, 2.75) is 18.4 Å². The van der Waals surface area contributed by atoms with Gasteiger partial charge in [-0.05, 0) is 55.8 Å². The molecule has 0 atom stereocenters. The number of nitrogens with zero attached hydrogens (tertiary/aromatic N) is 3. The third-order valence-corrected chi connectivity index (χ3v) is 4.75. The minimum absolute atomic E-state index is 0.0213. The number of aromatic nitrogens is 4. The van der Waals surface area contributed by atoms with Gasteiger partial charge in [-0.25, -0.2) is 0 Å². The summed E-state index contributed by atoms with van der Waals surface area (Å²) in [5.74, 6) is -0.0213. The van der Waals surface area contributed by atoms with Crippen LogP contribution in [0.15, 0.2) is 55.0 Å². The largest absolute Gasteiger partial charge is 0.324 e. The van der Waals surface area contributed by atoms with Gasteiger partial charge < -0.3 is 10.6 Å². The van der Waals surface area contributed by atoms with Gasteiger partial charge in [0, 0.05) is 24.3 Å². The van der Waals surface area contributed by atoms with Crippen molar-refractivity contribution in [3.05, 3.63) is 55.0 Å². The van der Waals surface area contributed by atoms with Gasteiger partial charge in [0.2, 0.25) is 0 Å². The Morgan fingerprint density at radius 2 is 1.92 bits per heavy atom. The van der Waals surface area contributed by atoms with Crippen LogP contribution in [0.25, 0.3) is 11.3 Å². The van der Waals surface area contributed by atoms with Crippen LogP contribution in [0.4, 0.5) is 5.69 Å². The quantitative estimate of drug-likeness (QED) is 0.680. The van der Waals surface area contributed by atoms with E-state index in [4.69, 9.17) is 0 Å². The van der Waals surface area contributed by atoms with Gasteiger partial charge in [-0.1, -0.05) is 12.1 Å². The van der Waals surface area contributed by atoms with E-state index >= 15 is 0 Å². The van der Waals surface area contributed by atoms with E-state index in [0.717, 1.165) is 30.0 Å². The molecule has 7 nitrogen and oxygen atoms in total. The molecule has 0 radical (unpaired) electrons. The zero-order valence-electron chi connectivity index (χ0n) is 13.8. The second-order valence-electron chi connectivity index (χ2n) is 6.23. The molecular formula is C18H20N6O. The van der Waals surface area contributed by atoms with Crippen molar-refractivity contribution in [2.24, 2.45) is 0 Å². The average molecular weight is 336 g/mol. The molecule has 1 aliphatic rings. The summed E-state index contributed by atoms with van der Waals surface area (Å²) in [6.45, 7) is 1.60. The molecule has 25 heavy (non-hydrogen) atoms. The number of amides is 1. The third kappa shape index (κ3) is 2.94. The average Bonchev–Trinajstić information content (AvgIpc) is 3.37. The van der Waals surface area contributed by atoms with Gasteiger partial charge in [0.05, 0.1) is 5.69 Å². The van der Waals surface area contributed by atoms with Gasteiger partial charge in [0.1, 0.15) is 5.54 Å². The topological polar surface area (TPSA) is 87.6 Å². The number of hydrogen-bond donors (Lipinski definition) is 3. The lowest BCUT2D eigenvalue weighted by molar-refractivity contribution is -0.126. The molecule has 3 aromatic rings. The van der Waals surface area contributed by atoms with E-state index in [1.54, 1.807) is 17.1 Å². The summed E-state index contributed by atoms with van der Waals surface area (Å²) in [7, 11) is 0. The Hall–Kier alpha value is -2.93. The molecule has 1 saturated heterocycles. The Kier molecular flexibility index (Phi) is 4.07. The third-order valence-electron chi connectivity index (χ3n) is 4.75. The zero-order chi connectivity index (χ0) is 17.1. The van der Waals surface area contributed by atoms with Crippen LogP contribution in [0.5, 0.6) is 0 Å². The van der Waals surface area contributed by atoms with Crippen molar-refractivity contribution in [1.29, 1.82) is 0 Å². The number of benzene rings is 1. The predicted molar refractivity (Wildman–Crippen MR) is 95.0 cm³/mol. The smallest absolute Gasteiger partial charge is 0.252 e. The van der Waals surface area contributed by atoms with Gasteiger partial charge in [-0.15, -0.1) is 0 Å². The van der Waals surface area contributed by atoms with Crippen molar-refractivity contribution in [1.82, 2.24) is 25.3 Å². The monoisotopic (exact) mass is 336 g/mol. The minimum atomic E-state index is -0.642. The fraction of sp³-hybridized carbons (Fsp3) is 0.278. The lowest BCUT2D eigenvalue weighted by Gasteiger charge is -2.36. The molecule has 3 heterocycles. The fourth-order valence-corrected chi connectivity index (χ4v) is 3.32. The molecule has 0 saturated carbocycles. The molecule has 0 unspecified atom stereocenters. The van der Waals surface area contributed by atoms with E-state index in [2.05, 4.69) is 25.9 Å². The van der Waals surface area contributed by atoms with Crippen molar-refractivity contribution in [2.75, 3.05) is 18.4 Å². The van der Waals surface area contributed by atoms with Crippen molar-refractivity contribution >= 4 is 11.6 Å². The number of hydrogen-bond acceptors (Lipinski definition) is 4.